The number of aromatic nitrogens is 1. The fourth-order valence-electron chi connectivity index (χ4n) is 7.67. The predicted molar refractivity (Wildman–Crippen MR) is 201 cm³/mol. The summed E-state index contributed by atoms with van der Waals surface area (Å²) in [5.74, 6) is 1.70. The van der Waals surface area contributed by atoms with Gasteiger partial charge in [0.2, 0.25) is 0 Å². The Bertz CT molecular complexity index is 1650. The van der Waals surface area contributed by atoms with E-state index in [2.05, 4.69) is 71.9 Å². The van der Waals surface area contributed by atoms with E-state index in [1.165, 1.54) is 70.4 Å². The number of carbonyl (C=O) groups is 1. The van der Waals surface area contributed by atoms with Crippen LogP contribution in [-0.4, -0.2) is 15.9 Å². The molecule has 1 radical (unpaired) electrons. The SMILES string of the molecule is CCC(CC)C(=O)/C=C(\O)C(CC)CC.[2H]c1cc2cc(C3CCC(C)(C)CC3)cc3c2c(n1)C(c1[c-]c(C)cc(C)c1)=C3CC(C)C.[Ir]. The van der Waals surface area contributed by atoms with Gasteiger partial charge in [-0.15, -0.1) is 34.9 Å². The van der Waals surface area contributed by atoms with Crippen LogP contribution in [0.1, 0.15) is 154 Å². The van der Waals surface area contributed by atoms with Gasteiger partial charge >= 0.3 is 0 Å². The Morgan fingerprint density at radius 3 is 2.21 bits per heavy atom. The molecule has 3 aromatic rings. The van der Waals surface area contributed by atoms with Crippen LogP contribution in [0.5, 0.6) is 0 Å². The molecule has 2 aromatic carbocycles. The number of pyridine rings is 1. The van der Waals surface area contributed by atoms with Crippen LogP contribution in [0.3, 0.4) is 0 Å². The zero-order chi connectivity index (χ0) is 35.3. The maximum Gasteiger partial charge on any atom is 0.162 e. The molecule has 1 saturated carbocycles. The van der Waals surface area contributed by atoms with Gasteiger partial charge in [-0.3, -0.25) is 9.78 Å². The molecule has 0 spiro atoms. The Morgan fingerprint density at radius 2 is 1.65 bits per heavy atom. The van der Waals surface area contributed by atoms with Crippen LogP contribution in [-0.2, 0) is 24.9 Å². The molecule has 48 heavy (non-hydrogen) atoms. The molecule has 1 fully saturated rings. The molecule has 5 rings (SSSR count). The molecule has 0 unspecified atom stereocenters. The van der Waals surface area contributed by atoms with E-state index < -0.39 is 0 Å². The van der Waals surface area contributed by atoms with E-state index in [9.17, 15) is 9.90 Å². The van der Waals surface area contributed by atoms with Crippen molar-refractivity contribution in [2.45, 2.75) is 133 Å². The van der Waals surface area contributed by atoms with Crippen LogP contribution in [0.2, 0.25) is 0 Å². The summed E-state index contributed by atoms with van der Waals surface area (Å²) in [6.45, 7) is 21.8. The summed E-state index contributed by atoms with van der Waals surface area (Å²) in [5, 5.41) is 12.2. The minimum Gasteiger partial charge on any atom is -0.512 e. The molecular weight excluding hydrogens is 767 g/mol. The van der Waals surface area contributed by atoms with Crippen LogP contribution in [0.4, 0.5) is 0 Å². The first kappa shape index (κ1) is 38.3. The van der Waals surface area contributed by atoms with E-state index in [-0.39, 0.29) is 43.5 Å². The van der Waals surface area contributed by atoms with Crippen molar-refractivity contribution in [1.29, 1.82) is 0 Å². The van der Waals surface area contributed by atoms with Gasteiger partial charge in [-0.2, -0.15) is 0 Å². The van der Waals surface area contributed by atoms with Crippen molar-refractivity contribution in [3.8, 4) is 0 Å². The smallest absolute Gasteiger partial charge is 0.162 e. The maximum atomic E-state index is 11.7. The van der Waals surface area contributed by atoms with E-state index >= 15 is 0 Å². The molecule has 3 nitrogen and oxygen atoms in total. The summed E-state index contributed by atoms with van der Waals surface area (Å²) >= 11 is 0. The molecule has 1 heterocycles. The standard InChI is InChI=1S/C31H36N.C13H24O2.Ir/c1-19(2)13-26-27-18-24(22-7-10-31(5,6)11-8-22)17-23-9-12-32-30(28(23)27)29(26)25-15-20(3)14-21(4)16-25;1-5-10(6-2)12(14)9-13(15)11(7-3)8-4;/h9,12,14-15,17-19,22H,7-8,10-11,13H2,1-6H3;9-11,14H,5-8H2,1-4H3;/q-1;;/b;12-9-;/i12D;;. The van der Waals surface area contributed by atoms with Gasteiger partial charge in [0.25, 0.3) is 0 Å². The minimum absolute atomic E-state index is 0. The topological polar surface area (TPSA) is 50.2 Å². The Balaban J connectivity index is 0.000000347. The monoisotopic (exact) mass is 828 g/mol. The maximum absolute atomic E-state index is 11.7. The zero-order valence-corrected chi connectivity index (χ0v) is 33.7. The summed E-state index contributed by atoms with van der Waals surface area (Å²) in [6, 6.07) is 14.9. The second-order valence-electron chi connectivity index (χ2n) is 15.4. The summed E-state index contributed by atoms with van der Waals surface area (Å²) in [6.07, 6.45) is 11.4. The van der Waals surface area contributed by atoms with Gasteiger partial charge in [0.1, 0.15) is 0 Å². The summed E-state index contributed by atoms with van der Waals surface area (Å²) in [4.78, 5) is 16.5. The third-order valence-corrected chi connectivity index (χ3v) is 10.6. The first-order valence-electron chi connectivity index (χ1n) is 18.9. The fraction of sp³-hybridized carbons (Fsp3) is 0.545. The number of allylic oxidation sites excluding steroid dienone is 3. The molecule has 0 aliphatic heterocycles. The fourth-order valence-corrected chi connectivity index (χ4v) is 7.67. The number of ketones is 1. The summed E-state index contributed by atoms with van der Waals surface area (Å²) in [5.41, 5.74) is 10.4. The number of hydrogen-bond donors (Lipinski definition) is 1. The molecule has 263 valence electrons. The largest absolute Gasteiger partial charge is 0.512 e. The third kappa shape index (κ3) is 9.36. The van der Waals surface area contributed by atoms with Crippen LogP contribution >= 0.6 is 0 Å². The zero-order valence-electron chi connectivity index (χ0n) is 32.3. The molecule has 0 amide bonds. The quantitative estimate of drug-likeness (QED) is 0.119. The van der Waals surface area contributed by atoms with Crippen molar-refractivity contribution < 1.29 is 31.4 Å². The van der Waals surface area contributed by atoms with Crippen LogP contribution in [0.25, 0.3) is 21.9 Å². The normalized spacial score (nSPS) is 16.4. The molecular formula is C44H60IrNO2-. The summed E-state index contributed by atoms with van der Waals surface area (Å²) < 4.78 is 8.51. The number of hydrogen-bond acceptors (Lipinski definition) is 3. The third-order valence-electron chi connectivity index (χ3n) is 10.6. The van der Waals surface area contributed by atoms with Gasteiger partial charge in [0.15, 0.2) is 5.78 Å². The number of nitrogens with zero attached hydrogens (tertiary/aromatic N) is 1. The molecule has 4 heteroatoms. The van der Waals surface area contributed by atoms with Crippen LogP contribution < -0.4 is 0 Å². The van der Waals surface area contributed by atoms with Gasteiger partial charge in [0, 0.05) is 55.3 Å². The predicted octanol–water partition coefficient (Wildman–Crippen LogP) is 12.5. The molecule has 2 aliphatic rings. The Labute approximate surface area is 306 Å². The van der Waals surface area contributed by atoms with Crippen molar-refractivity contribution in [1.82, 2.24) is 4.98 Å². The summed E-state index contributed by atoms with van der Waals surface area (Å²) in [7, 11) is 0. The number of aliphatic hydroxyl groups is 1. The van der Waals surface area contributed by atoms with Crippen molar-refractivity contribution in [3.63, 3.8) is 0 Å². The van der Waals surface area contributed by atoms with E-state index in [1.807, 2.05) is 33.8 Å². The first-order valence-corrected chi connectivity index (χ1v) is 18.4. The van der Waals surface area contributed by atoms with Crippen molar-refractivity contribution >= 4 is 27.7 Å². The first-order chi connectivity index (χ1) is 22.7. The van der Waals surface area contributed by atoms with Crippen molar-refractivity contribution in [2.75, 3.05) is 0 Å². The molecule has 1 N–H and O–H groups in total. The Hall–Kier alpha value is -2.55. The molecule has 0 bridgehead atoms. The second kappa shape index (κ2) is 17.4. The van der Waals surface area contributed by atoms with E-state index in [0.717, 1.165) is 48.9 Å². The average molecular weight is 828 g/mol. The van der Waals surface area contributed by atoms with Crippen LogP contribution in [0, 0.1) is 43.1 Å². The van der Waals surface area contributed by atoms with E-state index in [4.69, 9.17) is 6.35 Å². The molecule has 2 aliphatic carbocycles. The van der Waals surface area contributed by atoms with Gasteiger partial charge < -0.3 is 5.11 Å². The number of aliphatic hydroxyl groups excluding tert-OH is 1. The van der Waals surface area contributed by atoms with Gasteiger partial charge in [0.05, 0.1) is 7.13 Å². The van der Waals surface area contributed by atoms with Gasteiger partial charge in [-0.05, 0) is 97.6 Å². The number of aryl methyl sites for hydroxylation is 2. The minimum atomic E-state index is 0. The Kier molecular flexibility index (Phi) is 13.9. The van der Waals surface area contributed by atoms with E-state index in [1.54, 1.807) is 0 Å². The van der Waals surface area contributed by atoms with Crippen LogP contribution in [0.15, 0.2) is 48.3 Å². The van der Waals surface area contributed by atoms with Crippen molar-refractivity contribution in [3.05, 3.63) is 87.9 Å². The molecule has 0 saturated heterocycles. The average Bonchev–Trinajstić information content (AvgIpc) is 3.30. The van der Waals surface area contributed by atoms with Gasteiger partial charge in [-0.1, -0.05) is 92.5 Å². The second-order valence-corrected chi connectivity index (χ2v) is 15.4. The number of carbonyl (C=O) groups excluding carboxylic acids is 1. The van der Waals surface area contributed by atoms with Crippen molar-refractivity contribution in [2.24, 2.45) is 23.2 Å². The Morgan fingerprint density at radius 1 is 1.02 bits per heavy atom. The van der Waals surface area contributed by atoms with E-state index in [0.29, 0.717) is 23.4 Å². The molecule has 0 atom stereocenters. The van der Waals surface area contributed by atoms with Gasteiger partial charge in [-0.25, -0.2) is 0 Å². The number of benzene rings is 2. The molecule has 1 aromatic heterocycles. The number of rotatable bonds is 11.